The van der Waals surface area contributed by atoms with Crippen LogP contribution in [0.2, 0.25) is 0 Å². The van der Waals surface area contributed by atoms with Gasteiger partial charge in [0.15, 0.2) is 0 Å². The van der Waals surface area contributed by atoms with Gasteiger partial charge in [-0.3, -0.25) is 4.72 Å². The molecule has 104 valence electrons. The van der Waals surface area contributed by atoms with Crippen LogP contribution in [0, 0.1) is 0 Å². The van der Waals surface area contributed by atoms with Gasteiger partial charge in [-0.2, -0.15) is 0 Å². The van der Waals surface area contributed by atoms with Gasteiger partial charge in [-0.1, -0.05) is 11.3 Å². The molecule has 9 heteroatoms. The number of sulfonamides is 1. The smallest absolute Gasteiger partial charge is 0.265 e. The molecular weight excluding hydrogens is 286 g/mol. The van der Waals surface area contributed by atoms with E-state index < -0.39 is 10.0 Å². The van der Waals surface area contributed by atoms with E-state index in [0.29, 0.717) is 0 Å². The summed E-state index contributed by atoms with van der Waals surface area (Å²) in [6.07, 6.45) is 1.58. The molecule has 0 spiro atoms. The summed E-state index contributed by atoms with van der Waals surface area (Å²) in [7, 11) is -3.65. The first-order chi connectivity index (χ1) is 8.94. The van der Waals surface area contributed by atoms with Gasteiger partial charge in [0.25, 0.3) is 10.0 Å². The molecule has 0 bridgehead atoms. The van der Waals surface area contributed by atoms with E-state index in [1.165, 1.54) is 5.51 Å². The maximum absolute atomic E-state index is 12.2. The van der Waals surface area contributed by atoms with Crippen LogP contribution in [-0.4, -0.2) is 23.2 Å². The van der Waals surface area contributed by atoms with Crippen molar-refractivity contribution >= 4 is 26.5 Å². The molecule has 0 aliphatic rings. The van der Waals surface area contributed by atoms with E-state index in [9.17, 15) is 8.42 Å². The summed E-state index contributed by atoms with van der Waals surface area (Å²) in [6.45, 7) is 4.22. The average Bonchev–Trinajstić information content (AvgIpc) is 2.95. The molecule has 0 saturated carbocycles. The van der Waals surface area contributed by atoms with Crippen molar-refractivity contribution in [1.82, 2.24) is 14.8 Å². The van der Waals surface area contributed by atoms with Gasteiger partial charge in [0.05, 0.1) is 0 Å². The Bertz CT molecular complexity index is 646. The van der Waals surface area contributed by atoms with Crippen LogP contribution in [-0.2, 0) is 16.6 Å². The molecule has 0 saturated heterocycles. The standard InChI is InChI=1S/C10H15N5O2S2/c1-7(2)15-5-9(3-8(15)4-11)19(16,17)14-10-13-12-6-18-10/h3,5-7H,4,11H2,1-2H3,(H,13,14). The molecule has 0 aliphatic heterocycles. The summed E-state index contributed by atoms with van der Waals surface area (Å²) in [6, 6.07) is 1.72. The van der Waals surface area contributed by atoms with Gasteiger partial charge in [-0.05, 0) is 19.9 Å². The van der Waals surface area contributed by atoms with E-state index in [4.69, 9.17) is 5.73 Å². The van der Waals surface area contributed by atoms with Gasteiger partial charge in [0.1, 0.15) is 10.4 Å². The van der Waals surface area contributed by atoms with E-state index in [-0.39, 0.29) is 22.6 Å². The van der Waals surface area contributed by atoms with Crippen molar-refractivity contribution in [3.63, 3.8) is 0 Å². The van der Waals surface area contributed by atoms with E-state index in [0.717, 1.165) is 17.0 Å². The van der Waals surface area contributed by atoms with Gasteiger partial charge in [0, 0.05) is 24.5 Å². The molecule has 0 aliphatic carbocycles. The first-order valence-electron chi connectivity index (χ1n) is 5.64. The number of nitrogens with one attached hydrogen (secondary N) is 1. The van der Waals surface area contributed by atoms with E-state index in [2.05, 4.69) is 14.9 Å². The zero-order valence-corrected chi connectivity index (χ0v) is 12.2. The van der Waals surface area contributed by atoms with Crippen LogP contribution < -0.4 is 10.5 Å². The fraction of sp³-hybridized carbons (Fsp3) is 0.400. The van der Waals surface area contributed by atoms with Crippen molar-refractivity contribution < 1.29 is 8.42 Å². The Kier molecular flexibility index (Phi) is 3.88. The molecule has 0 atom stereocenters. The Morgan fingerprint density at radius 2 is 2.26 bits per heavy atom. The van der Waals surface area contributed by atoms with Crippen LogP contribution in [0.5, 0.6) is 0 Å². The Hall–Kier alpha value is -1.45. The van der Waals surface area contributed by atoms with Crippen molar-refractivity contribution in [1.29, 1.82) is 0 Å². The van der Waals surface area contributed by atoms with Crippen molar-refractivity contribution in [3.05, 3.63) is 23.5 Å². The van der Waals surface area contributed by atoms with E-state index in [1.54, 1.807) is 12.3 Å². The maximum atomic E-state index is 12.2. The number of aromatic nitrogens is 3. The Morgan fingerprint density at radius 1 is 1.53 bits per heavy atom. The Balaban J connectivity index is 2.35. The zero-order valence-electron chi connectivity index (χ0n) is 10.6. The van der Waals surface area contributed by atoms with Crippen molar-refractivity contribution in [2.75, 3.05) is 4.72 Å². The highest BCUT2D eigenvalue weighted by molar-refractivity contribution is 7.93. The lowest BCUT2D eigenvalue weighted by atomic mass is 10.3. The lowest BCUT2D eigenvalue weighted by Gasteiger charge is -2.10. The summed E-state index contributed by atoms with van der Waals surface area (Å²) in [5.74, 6) is 0. The van der Waals surface area contributed by atoms with Crippen LogP contribution in [0.25, 0.3) is 0 Å². The third kappa shape index (κ3) is 2.94. The second kappa shape index (κ2) is 5.27. The largest absolute Gasteiger partial charge is 0.346 e. The normalized spacial score (nSPS) is 12.0. The lowest BCUT2D eigenvalue weighted by Crippen LogP contribution is -2.12. The molecule has 19 heavy (non-hydrogen) atoms. The van der Waals surface area contributed by atoms with Crippen LogP contribution in [0.15, 0.2) is 22.7 Å². The Labute approximate surface area is 115 Å². The summed E-state index contributed by atoms with van der Waals surface area (Å²) in [5, 5.41) is 7.48. The summed E-state index contributed by atoms with van der Waals surface area (Å²) >= 11 is 1.12. The van der Waals surface area contributed by atoms with Crippen LogP contribution in [0.4, 0.5) is 5.13 Å². The minimum atomic E-state index is -3.65. The van der Waals surface area contributed by atoms with Crippen LogP contribution in [0.3, 0.4) is 0 Å². The van der Waals surface area contributed by atoms with Gasteiger partial charge in [0.2, 0.25) is 5.13 Å². The number of anilines is 1. The minimum Gasteiger partial charge on any atom is -0.346 e. The van der Waals surface area contributed by atoms with E-state index >= 15 is 0 Å². The molecule has 2 aromatic rings. The van der Waals surface area contributed by atoms with Crippen LogP contribution in [0.1, 0.15) is 25.6 Å². The number of nitrogens with two attached hydrogens (primary N) is 1. The van der Waals surface area contributed by atoms with Gasteiger partial charge < -0.3 is 10.3 Å². The fourth-order valence-corrected chi connectivity index (χ4v) is 3.42. The molecule has 7 nitrogen and oxygen atoms in total. The predicted octanol–water partition coefficient (Wildman–Crippen LogP) is 1.18. The first-order valence-corrected chi connectivity index (χ1v) is 8.00. The first kappa shape index (κ1) is 14.0. The summed E-state index contributed by atoms with van der Waals surface area (Å²) < 4.78 is 28.6. The van der Waals surface area contributed by atoms with Crippen molar-refractivity contribution in [3.8, 4) is 0 Å². The molecule has 0 fully saturated rings. The topological polar surface area (TPSA) is 103 Å². The highest BCUT2D eigenvalue weighted by Gasteiger charge is 2.20. The van der Waals surface area contributed by atoms with E-state index in [1.807, 2.05) is 18.4 Å². The highest BCUT2D eigenvalue weighted by Crippen LogP contribution is 2.21. The number of hydrogen-bond donors (Lipinski definition) is 2. The fourth-order valence-electron chi connectivity index (χ4n) is 1.68. The van der Waals surface area contributed by atoms with Gasteiger partial charge in [-0.15, -0.1) is 10.2 Å². The summed E-state index contributed by atoms with van der Waals surface area (Å²) in [5.41, 5.74) is 7.86. The SMILES string of the molecule is CC(C)n1cc(S(=O)(=O)Nc2nncs2)cc1CN. The third-order valence-electron chi connectivity index (χ3n) is 2.56. The van der Waals surface area contributed by atoms with Gasteiger partial charge >= 0.3 is 0 Å². The molecule has 2 heterocycles. The predicted molar refractivity (Wildman–Crippen MR) is 73.4 cm³/mol. The minimum absolute atomic E-state index is 0.143. The number of nitrogens with zero attached hydrogens (tertiary/aromatic N) is 3. The molecule has 2 rings (SSSR count). The monoisotopic (exact) mass is 301 g/mol. The second-order valence-electron chi connectivity index (χ2n) is 4.22. The molecule has 0 aromatic carbocycles. The second-order valence-corrected chi connectivity index (χ2v) is 6.74. The number of rotatable bonds is 5. The lowest BCUT2D eigenvalue weighted by molar-refractivity contribution is 0.573. The third-order valence-corrected chi connectivity index (χ3v) is 4.61. The highest BCUT2D eigenvalue weighted by atomic mass is 32.2. The molecule has 3 N–H and O–H groups in total. The quantitative estimate of drug-likeness (QED) is 0.863. The maximum Gasteiger partial charge on any atom is 0.265 e. The molecule has 0 unspecified atom stereocenters. The molecule has 0 radical (unpaired) electrons. The number of hydrogen-bond acceptors (Lipinski definition) is 6. The van der Waals surface area contributed by atoms with Crippen LogP contribution >= 0.6 is 11.3 Å². The zero-order chi connectivity index (χ0) is 14.0. The molecule has 0 amide bonds. The van der Waals surface area contributed by atoms with Crippen molar-refractivity contribution in [2.45, 2.75) is 31.3 Å². The van der Waals surface area contributed by atoms with Gasteiger partial charge in [-0.25, -0.2) is 8.42 Å². The Morgan fingerprint density at radius 3 is 2.74 bits per heavy atom. The summed E-state index contributed by atoms with van der Waals surface area (Å²) in [4.78, 5) is 0.178. The molecule has 2 aromatic heterocycles. The average molecular weight is 301 g/mol. The van der Waals surface area contributed by atoms with Crippen molar-refractivity contribution in [2.24, 2.45) is 5.73 Å². The molecular formula is C10H15N5O2S2.